The predicted octanol–water partition coefficient (Wildman–Crippen LogP) is 2.59. The summed E-state index contributed by atoms with van der Waals surface area (Å²) in [6, 6.07) is 13.4. The number of anilines is 1. The summed E-state index contributed by atoms with van der Waals surface area (Å²) in [6.45, 7) is 0.571. The van der Waals surface area contributed by atoms with Gasteiger partial charge in [0.2, 0.25) is 10.0 Å². The molecule has 1 aliphatic heterocycles. The molecule has 31 heavy (non-hydrogen) atoms. The number of sulfonamides is 1. The van der Waals surface area contributed by atoms with Gasteiger partial charge in [0.05, 0.1) is 12.0 Å². The zero-order valence-electron chi connectivity index (χ0n) is 17.4. The van der Waals surface area contributed by atoms with E-state index in [1.165, 1.54) is 16.4 Å². The Morgan fingerprint density at radius 1 is 1.06 bits per heavy atom. The number of hydrogen-bond acceptors (Lipinski definition) is 6. The Bertz CT molecular complexity index is 1010. The lowest BCUT2D eigenvalue weighted by atomic mass is 10.1. The first kappa shape index (κ1) is 22.8. The van der Waals surface area contributed by atoms with Crippen molar-refractivity contribution < 1.29 is 27.5 Å². The van der Waals surface area contributed by atoms with Crippen LogP contribution in [0.15, 0.2) is 53.4 Å². The molecule has 2 aromatic rings. The van der Waals surface area contributed by atoms with Crippen LogP contribution in [0.1, 0.15) is 24.8 Å². The van der Waals surface area contributed by atoms with Gasteiger partial charge in [-0.1, -0.05) is 18.2 Å². The number of amides is 1. The Labute approximate surface area is 182 Å². The maximum atomic E-state index is 12.6. The van der Waals surface area contributed by atoms with Crippen molar-refractivity contribution in [2.24, 2.45) is 0 Å². The van der Waals surface area contributed by atoms with Crippen molar-refractivity contribution in [1.29, 1.82) is 0 Å². The number of ether oxygens (including phenoxy) is 2. The van der Waals surface area contributed by atoms with Crippen LogP contribution in [0.5, 0.6) is 5.75 Å². The van der Waals surface area contributed by atoms with Crippen LogP contribution >= 0.6 is 0 Å². The third kappa shape index (κ3) is 6.28. The lowest BCUT2D eigenvalue weighted by Crippen LogP contribution is -2.28. The van der Waals surface area contributed by atoms with Gasteiger partial charge in [0.15, 0.2) is 6.61 Å². The van der Waals surface area contributed by atoms with Crippen LogP contribution in [0.3, 0.4) is 0 Å². The van der Waals surface area contributed by atoms with Gasteiger partial charge in [-0.15, -0.1) is 0 Å². The van der Waals surface area contributed by atoms with Crippen LogP contribution in [-0.2, 0) is 30.8 Å². The molecule has 0 unspecified atom stereocenters. The van der Waals surface area contributed by atoms with E-state index in [0.29, 0.717) is 25.2 Å². The number of carbonyl (C=O) groups is 2. The molecule has 0 saturated carbocycles. The summed E-state index contributed by atoms with van der Waals surface area (Å²) in [5.41, 5.74) is 1.29. The highest BCUT2D eigenvalue weighted by atomic mass is 32.2. The first-order valence-corrected chi connectivity index (χ1v) is 11.5. The molecule has 0 radical (unpaired) electrons. The molecule has 3 rings (SSSR count). The maximum absolute atomic E-state index is 12.6. The van der Waals surface area contributed by atoms with Crippen molar-refractivity contribution in [3.05, 3.63) is 54.1 Å². The number of rotatable bonds is 9. The first-order chi connectivity index (χ1) is 14.9. The summed E-state index contributed by atoms with van der Waals surface area (Å²) in [4.78, 5) is 24.2. The topological polar surface area (TPSA) is 102 Å². The molecule has 1 fully saturated rings. The van der Waals surface area contributed by atoms with Gasteiger partial charge < -0.3 is 14.8 Å². The largest absolute Gasteiger partial charge is 0.497 e. The van der Waals surface area contributed by atoms with Crippen molar-refractivity contribution in [2.45, 2.75) is 30.6 Å². The van der Waals surface area contributed by atoms with E-state index in [2.05, 4.69) is 5.32 Å². The van der Waals surface area contributed by atoms with Gasteiger partial charge in [-0.2, -0.15) is 4.31 Å². The van der Waals surface area contributed by atoms with Gasteiger partial charge in [-0.05, 0) is 55.2 Å². The first-order valence-electron chi connectivity index (χ1n) is 10.1. The Morgan fingerprint density at radius 3 is 2.45 bits per heavy atom. The minimum atomic E-state index is -3.57. The SMILES string of the molecule is COc1ccc(CCC(=O)OCC(=O)Nc2cccc(S(=O)(=O)N3CCCC3)c2)cc1. The smallest absolute Gasteiger partial charge is 0.306 e. The van der Waals surface area contributed by atoms with E-state index in [9.17, 15) is 18.0 Å². The molecule has 0 aromatic heterocycles. The molecule has 166 valence electrons. The van der Waals surface area contributed by atoms with Crippen LogP contribution in [0.2, 0.25) is 0 Å². The van der Waals surface area contributed by atoms with E-state index in [1.54, 1.807) is 19.2 Å². The lowest BCUT2D eigenvalue weighted by Gasteiger charge is -2.16. The van der Waals surface area contributed by atoms with Crippen LogP contribution < -0.4 is 10.1 Å². The van der Waals surface area contributed by atoms with Crippen LogP contribution in [0.4, 0.5) is 5.69 Å². The fourth-order valence-corrected chi connectivity index (χ4v) is 4.83. The van der Waals surface area contributed by atoms with E-state index in [1.807, 2.05) is 24.3 Å². The van der Waals surface area contributed by atoms with Gasteiger partial charge in [0.25, 0.3) is 5.91 Å². The number of nitrogens with zero attached hydrogens (tertiary/aromatic N) is 1. The second kappa shape index (κ2) is 10.4. The molecule has 1 heterocycles. The molecular formula is C22H26N2O6S. The molecule has 8 nitrogen and oxygen atoms in total. The molecule has 1 N–H and O–H groups in total. The normalized spacial score (nSPS) is 14.2. The molecule has 1 saturated heterocycles. The van der Waals surface area contributed by atoms with Gasteiger partial charge in [-0.25, -0.2) is 8.42 Å². The summed E-state index contributed by atoms with van der Waals surface area (Å²) >= 11 is 0. The standard InChI is InChI=1S/C22H26N2O6S/c1-29-19-10-7-17(8-11-19)9-12-22(26)30-16-21(25)23-18-5-4-6-20(15-18)31(27,28)24-13-2-3-14-24/h4-8,10-11,15H,2-3,9,12-14,16H2,1H3,(H,23,25). The van der Waals surface area contributed by atoms with Crippen molar-refractivity contribution in [3.63, 3.8) is 0 Å². The highest BCUT2D eigenvalue weighted by molar-refractivity contribution is 7.89. The number of nitrogens with one attached hydrogen (secondary N) is 1. The second-order valence-corrected chi connectivity index (χ2v) is 9.13. The molecule has 1 aliphatic rings. The fraction of sp³-hybridized carbons (Fsp3) is 0.364. The number of carbonyl (C=O) groups excluding carboxylic acids is 2. The fourth-order valence-electron chi connectivity index (χ4n) is 3.27. The van der Waals surface area contributed by atoms with Crippen molar-refractivity contribution in [3.8, 4) is 5.75 Å². The highest BCUT2D eigenvalue weighted by Gasteiger charge is 2.27. The van der Waals surface area contributed by atoms with Crippen LogP contribution in [0, 0.1) is 0 Å². The number of benzene rings is 2. The van der Waals surface area contributed by atoms with Crippen LogP contribution in [-0.4, -0.2) is 51.4 Å². The molecule has 0 atom stereocenters. The summed E-state index contributed by atoms with van der Waals surface area (Å²) in [5, 5.41) is 2.57. The lowest BCUT2D eigenvalue weighted by molar-refractivity contribution is -0.147. The minimum Gasteiger partial charge on any atom is -0.497 e. The maximum Gasteiger partial charge on any atom is 0.306 e. The van der Waals surface area contributed by atoms with Crippen molar-refractivity contribution in [2.75, 3.05) is 32.1 Å². The number of esters is 1. The molecule has 0 spiro atoms. The Morgan fingerprint density at radius 2 is 1.77 bits per heavy atom. The monoisotopic (exact) mass is 446 g/mol. The summed E-state index contributed by atoms with van der Waals surface area (Å²) in [6.07, 6.45) is 2.32. The Kier molecular flexibility index (Phi) is 7.64. The van der Waals surface area contributed by atoms with E-state index >= 15 is 0 Å². The minimum absolute atomic E-state index is 0.128. The second-order valence-electron chi connectivity index (χ2n) is 7.20. The molecular weight excluding hydrogens is 420 g/mol. The number of methoxy groups -OCH3 is 1. The number of aryl methyl sites for hydroxylation is 1. The van der Waals surface area contributed by atoms with Gasteiger partial charge in [-0.3, -0.25) is 9.59 Å². The van der Waals surface area contributed by atoms with Crippen molar-refractivity contribution >= 4 is 27.6 Å². The zero-order valence-corrected chi connectivity index (χ0v) is 18.2. The third-order valence-electron chi connectivity index (χ3n) is 4.96. The van der Waals surface area contributed by atoms with Gasteiger partial charge in [0, 0.05) is 25.2 Å². The predicted molar refractivity (Wildman–Crippen MR) is 115 cm³/mol. The highest BCUT2D eigenvalue weighted by Crippen LogP contribution is 2.23. The van der Waals surface area contributed by atoms with E-state index in [-0.39, 0.29) is 11.3 Å². The Hall–Kier alpha value is -2.91. The van der Waals surface area contributed by atoms with Gasteiger partial charge in [0.1, 0.15) is 5.75 Å². The Balaban J connectivity index is 1.47. The summed E-state index contributed by atoms with van der Waals surface area (Å²) in [5.74, 6) is -0.287. The quantitative estimate of drug-likeness (QED) is 0.594. The average molecular weight is 447 g/mol. The van der Waals surface area contributed by atoms with E-state index in [0.717, 1.165) is 24.2 Å². The average Bonchev–Trinajstić information content (AvgIpc) is 3.33. The molecule has 9 heteroatoms. The van der Waals surface area contributed by atoms with Crippen LogP contribution in [0.25, 0.3) is 0 Å². The molecule has 0 aliphatic carbocycles. The van der Waals surface area contributed by atoms with E-state index < -0.39 is 28.5 Å². The molecule has 0 bridgehead atoms. The number of hydrogen-bond donors (Lipinski definition) is 1. The molecule has 1 amide bonds. The van der Waals surface area contributed by atoms with Gasteiger partial charge >= 0.3 is 5.97 Å². The van der Waals surface area contributed by atoms with Crippen molar-refractivity contribution in [1.82, 2.24) is 4.31 Å². The summed E-state index contributed by atoms with van der Waals surface area (Å²) < 4.78 is 36.8. The molecule has 2 aromatic carbocycles. The summed E-state index contributed by atoms with van der Waals surface area (Å²) in [7, 11) is -1.99. The zero-order chi connectivity index (χ0) is 22.3. The third-order valence-corrected chi connectivity index (χ3v) is 6.86. The van der Waals surface area contributed by atoms with E-state index in [4.69, 9.17) is 9.47 Å².